The quantitative estimate of drug-likeness (QED) is 0.705. The molecule has 0 radical (unpaired) electrons. The molecule has 0 amide bonds. The number of nitrogens with one attached hydrogen (secondary N) is 1. The molecule has 13 heavy (non-hydrogen) atoms. The van der Waals surface area contributed by atoms with E-state index in [0.29, 0.717) is 5.41 Å². The maximum absolute atomic E-state index is 3.30. The van der Waals surface area contributed by atoms with Gasteiger partial charge in [0.05, 0.1) is 0 Å². The first-order valence-electron chi connectivity index (χ1n) is 5.79. The summed E-state index contributed by atoms with van der Waals surface area (Å²) in [6.07, 6.45) is 8.79. The zero-order chi connectivity index (χ0) is 9.73. The normalized spacial score (nSPS) is 20.5. The van der Waals surface area contributed by atoms with Gasteiger partial charge in [-0.3, -0.25) is 0 Å². The molecule has 1 aliphatic carbocycles. The van der Waals surface area contributed by atoms with Crippen LogP contribution in [-0.4, -0.2) is 13.6 Å². The third-order valence-electron chi connectivity index (χ3n) is 3.22. The Balaban J connectivity index is 2.28. The molecule has 0 spiro atoms. The Kier molecular flexibility index (Phi) is 4.24. The van der Waals surface area contributed by atoms with E-state index in [1.54, 1.807) is 0 Å². The summed E-state index contributed by atoms with van der Waals surface area (Å²) in [5.74, 6) is 1.01. The molecular weight excluding hydrogens is 158 g/mol. The maximum Gasteiger partial charge on any atom is -0.0000385 e. The van der Waals surface area contributed by atoms with Crippen molar-refractivity contribution in [2.45, 2.75) is 52.4 Å². The van der Waals surface area contributed by atoms with Crippen LogP contribution in [0.5, 0.6) is 0 Å². The first-order valence-corrected chi connectivity index (χ1v) is 5.79. The summed E-state index contributed by atoms with van der Waals surface area (Å²) in [6, 6.07) is 0. The summed E-state index contributed by atoms with van der Waals surface area (Å²) in [6.45, 7) is 5.93. The average molecular weight is 183 g/mol. The van der Waals surface area contributed by atoms with Gasteiger partial charge in [-0.05, 0) is 31.3 Å². The largest absolute Gasteiger partial charge is 0.319 e. The van der Waals surface area contributed by atoms with E-state index in [2.05, 4.69) is 26.2 Å². The SMILES string of the molecule is CNCC(C)(C)CC1CCCCC1. The molecule has 0 aromatic heterocycles. The van der Waals surface area contributed by atoms with Crippen LogP contribution in [-0.2, 0) is 0 Å². The average Bonchev–Trinajstić information content (AvgIpc) is 2.04. The molecule has 78 valence electrons. The molecule has 0 bridgehead atoms. The van der Waals surface area contributed by atoms with Gasteiger partial charge in [0.1, 0.15) is 0 Å². The highest BCUT2D eigenvalue weighted by Crippen LogP contribution is 2.33. The second kappa shape index (κ2) is 4.99. The van der Waals surface area contributed by atoms with Gasteiger partial charge in [0.25, 0.3) is 0 Å². The molecule has 0 unspecified atom stereocenters. The van der Waals surface area contributed by atoms with Crippen molar-refractivity contribution < 1.29 is 0 Å². The molecule has 1 aliphatic rings. The molecular formula is C12H25N. The Hall–Kier alpha value is -0.0400. The molecule has 1 heteroatoms. The van der Waals surface area contributed by atoms with Crippen molar-refractivity contribution in [3.05, 3.63) is 0 Å². The van der Waals surface area contributed by atoms with E-state index in [9.17, 15) is 0 Å². The fourth-order valence-electron chi connectivity index (χ4n) is 2.72. The van der Waals surface area contributed by atoms with E-state index < -0.39 is 0 Å². The van der Waals surface area contributed by atoms with Crippen molar-refractivity contribution in [2.24, 2.45) is 11.3 Å². The Labute approximate surface area is 83.3 Å². The third-order valence-corrected chi connectivity index (χ3v) is 3.22. The zero-order valence-electron chi connectivity index (χ0n) is 9.53. The minimum absolute atomic E-state index is 0.497. The molecule has 1 nitrogen and oxygen atoms in total. The molecule has 0 heterocycles. The van der Waals surface area contributed by atoms with Gasteiger partial charge in [-0.1, -0.05) is 46.0 Å². The van der Waals surface area contributed by atoms with Gasteiger partial charge in [0.2, 0.25) is 0 Å². The second-order valence-electron chi connectivity index (χ2n) is 5.40. The number of hydrogen-bond donors (Lipinski definition) is 1. The van der Waals surface area contributed by atoms with E-state index in [1.165, 1.54) is 38.5 Å². The van der Waals surface area contributed by atoms with Crippen LogP contribution in [0.1, 0.15) is 52.4 Å². The van der Waals surface area contributed by atoms with Gasteiger partial charge in [0.15, 0.2) is 0 Å². The lowest BCUT2D eigenvalue weighted by Gasteiger charge is -2.31. The van der Waals surface area contributed by atoms with Gasteiger partial charge >= 0.3 is 0 Å². The highest BCUT2D eigenvalue weighted by Gasteiger charge is 2.23. The summed E-state index contributed by atoms with van der Waals surface area (Å²) < 4.78 is 0. The lowest BCUT2D eigenvalue weighted by atomic mass is 9.76. The van der Waals surface area contributed by atoms with Crippen molar-refractivity contribution >= 4 is 0 Å². The molecule has 1 N–H and O–H groups in total. The lowest BCUT2D eigenvalue weighted by molar-refractivity contribution is 0.219. The van der Waals surface area contributed by atoms with Gasteiger partial charge in [-0.2, -0.15) is 0 Å². The van der Waals surface area contributed by atoms with Gasteiger partial charge < -0.3 is 5.32 Å². The van der Waals surface area contributed by atoms with Crippen LogP contribution in [0.3, 0.4) is 0 Å². The van der Waals surface area contributed by atoms with Crippen LogP contribution in [0.4, 0.5) is 0 Å². The molecule has 0 aromatic rings. The number of hydrogen-bond acceptors (Lipinski definition) is 1. The highest BCUT2D eigenvalue weighted by molar-refractivity contribution is 4.77. The molecule has 0 aliphatic heterocycles. The van der Waals surface area contributed by atoms with Crippen molar-refractivity contribution in [3.63, 3.8) is 0 Å². The number of rotatable bonds is 4. The molecule has 0 aromatic carbocycles. The molecule has 0 atom stereocenters. The minimum atomic E-state index is 0.497. The first kappa shape index (κ1) is 11.0. The van der Waals surface area contributed by atoms with Crippen LogP contribution in [0.15, 0.2) is 0 Å². The highest BCUT2D eigenvalue weighted by atomic mass is 14.8. The lowest BCUT2D eigenvalue weighted by Crippen LogP contribution is -2.29. The Bertz CT molecular complexity index is 134. The van der Waals surface area contributed by atoms with Crippen LogP contribution < -0.4 is 5.32 Å². The van der Waals surface area contributed by atoms with E-state index in [0.717, 1.165) is 12.5 Å². The summed E-state index contributed by atoms with van der Waals surface area (Å²) in [4.78, 5) is 0. The van der Waals surface area contributed by atoms with E-state index >= 15 is 0 Å². The zero-order valence-corrected chi connectivity index (χ0v) is 9.53. The molecule has 1 saturated carbocycles. The summed E-state index contributed by atoms with van der Waals surface area (Å²) >= 11 is 0. The van der Waals surface area contributed by atoms with Crippen molar-refractivity contribution in [3.8, 4) is 0 Å². The molecule has 1 rings (SSSR count). The van der Waals surface area contributed by atoms with E-state index in [4.69, 9.17) is 0 Å². The second-order valence-corrected chi connectivity index (χ2v) is 5.40. The summed E-state index contributed by atoms with van der Waals surface area (Å²) in [5, 5.41) is 3.30. The standard InChI is InChI=1S/C12H25N/c1-12(2,10-13-3)9-11-7-5-4-6-8-11/h11,13H,4-10H2,1-3H3. The van der Waals surface area contributed by atoms with Gasteiger partial charge in [-0.25, -0.2) is 0 Å². The fraction of sp³-hybridized carbons (Fsp3) is 1.00. The van der Waals surface area contributed by atoms with Gasteiger partial charge in [0, 0.05) is 0 Å². The predicted octanol–water partition coefficient (Wildman–Crippen LogP) is 3.20. The van der Waals surface area contributed by atoms with E-state index in [1.807, 2.05) is 0 Å². The monoisotopic (exact) mass is 183 g/mol. The van der Waals surface area contributed by atoms with Crippen molar-refractivity contribution in [1.82, 2.24) is 5.32 Å². The Morgan fingerprint density at radius 3 is 2.31 bits per heavy atom. The van der Waals surface area contributed by atoms with Crippen molar-refractivity contribution in [1.29, 1.82) is 0 Å². The minimum Gasteiger partial charge on any atom is -0.319 e. The molecule has 1 fully saturated rings. The van der Waals surface area contributed by atoms with Crippen molar-refractivity contribution in [2.75, 3.05) is 13.6 Å². The van der Waals surface area contributed by atoms with Gasteiger partial charge in [-0.15, -0.1) is 0 Å². The predicted molar refractivity (Wildman–Crippen MR) is 58.9 cm³/mol. The fourth-order valence-corrected chi connectivity index (χ4v) is 2.72. The van der Waals surface area contributed by atoms with Crippen LogP contribution in [0.25, 0.3) is 0 Å². The maximum atomic E-state index is 3.30. The first-order chi connectivity index (χ1) is 6.14. The van der Waals surface area contributed by atoms with E-state index in [-0.39, 0.29) is 0 Å². The third kappa shape index (κ3) is 4.12. The Morgan fingerprint density at radius 2 is 1.77 bits per heavy atom. The Morgan fingerprint density at radius 1 is 1.15 bits per heavy atom. The molecule has 0 saturated heterocycles. The summed E-state index contributed by atoms with van der Waals surface area (Å²) in [5.41, 5.74) is 0.497. The van der Waals surface area contributed by atoms with Crippen LogP contribution in [0.2, 0.25) is 0 Å². The van der Waals surface area contributed by atoms with Crippen LogP contribution >= 0.6 is 0 Å². The smallest absolute Gasteiger partial charge is 0.0000385 e. The summed E-state index contributed by atoms with van der Waals surface area (Å²) in [7, 11) is 2.06. The topological polar surface area (TPSA) is 12.0 Å². The van der Waals surface area contributed by atoms with Crippen LogP contribution in [0, 0.1) is 11.3 Å².